The molecule has 0 aromatic heterocycles. The fourth-order valence-corrected chi connectivity index (χ4v) is 1.27. The maximum Gasteiger partial charge on any atom is 0.391 e. The first-order valence-electron chi connectivity index (χ1n) is 3.85. The van der Waals surface area contributed by atoms with Crippen molar-refractivity contribution in [3.05, 3.63) is 21.6 Å². The number of halogens is 1. The van der Waals surface area contributed by atoms with E-state index < -0.39 is 11.5 Å². The summed E-state index contributed by atoms with van der Waals surface area (Å²) in [6.45, 7) is 8.15. The van der Waals surface area contributed by atoms with E-state index >= 15 is 0 Å². The Hall–Kier alpha value is -0.900. The third-order valence-electron chi connectivity index (χ3n) is 1.70. The van der Waals surface area contributed by atoms with Crippen LogP contribution in [0.5, 0.6) is 0 Å². The highest BCUT2D eigenvalue weighted by molar-refractivity contribution is 14.1. The summed E-state index contributed by atoms with van der Waals surface area (Å²) in [4.78, 5) is 24.8. The summed E-state index contributed by atoms with van der Waals surface area (Å²) >= 11 is 1.94. The van der Waals surface area contributed by atoms with Crippen molar-refractivity contribution in [3.8, 4) is 0 Å². The highest BCUT2D eigenvalue weighted by Crippen LogP contribution is 2.23. The molecule has 0 heterocycles. The molecule has 0 aliphatic heterocycles. The molecule has 0 rings (SSSR count). The van der Waals surface area contributed by atoms with Crippen LogP contribution in [0.1, 0.15) is 19.8 Å². The first-order valence-corrected chi connectivity index (χ1v) is 5.10. The molecule has 0 bridgehead atoms. The molecule has 0 spiro atoms. The van der Waals surface area contributed by atoms with Crippen LogP contribution >= 0.6 is 22.6 Å². The fourth-order valence-electron chi connectivity index (χ4n) is 1.02. The number of hydrogen-bond acceptors (Lipinski definition) is 2. The molecule has 0 radical (unpaired) electrons. The third-order valence-corrected chi connectivity index (χ3v) is 2.21. The van der Waals surface area contributed by atoms with E-state index in [9.17, 15) is 9.59 Å². The van der Waals surface area contributed by atoms with Crippen molar-refractivity contribution in [1.82, 2.24) is 0 Å². The van der Waals surface area contributed by atoms with Gasteiger partial charge in [0.25, 0.3) is 0 Å². The second-order valence-electron chi connectivity index (χ2n) is 2.89. The molecule has 0 fully saturated rings. The molecule has 0 saturated heterocycles. The Kier molecular flexibility index (Phi) is 5.38. The van der Waals surface area contributed by atoms with Crippen molar-refractivity contribution in [2.75, 3.05) is 0 Å². The molecule has 0 aromatic carbocycles. The van der Waals surface area contributed by atoms with Crippen LogP contribution in [-0.4, -0.2) is 22.4 Å². The molecule has 0 amide bonds. The number of hydrogen-bond donors (Lipinski definition) is 1. The van der Waals surface area contributed by atoms with Crippen molar-refractivity contribution < 1.29 is 14.7 Å². The van der Waals surface area contributed by atoms with Crippen LogP contribution in [0, 0.1) is 6.57 Å². The number of carbonyl (C=O) groups excluding carboxylic acids is 1. The van der Waals surface area contributed by atoms with E-state index in [0.717, 1.165) is 0 Å². The van der Waals surface area contributed by atoms with Crippen LogP contribution in [0.3, 0.4) is 0 Å². The molecule has 0 aliphatic rings. The van der Waals surface area contributed by atoms with Crippen molar-refractivity contribution >= 4 is 34.3 Å². The molecular formula is C9H10INO3. The number of Topliss-reactive ketones (excluding diaryl/α,β-unsaturated/α-hetero) is 1. The Morgan fingerprint density at radius 1 is 1.64 bits per heavy atom. The quantitative estimate of drug-likeness (QED) is 0.625. The predicted molar refractivity (Wildman–Crippen MR) is 60.0 cm³/mol. The molecule has 0 unspecified atom stereocenters. The van der Waals surface area contributed by atoms with Crippen molar-refractivity contribution in [3.63, 3.8) is 0 Å². The molecule has 0 aliphatic carbocycles. The minimum Gasteiger partial charge on any atom is -0.475 e. The van der Waals surface area contributed by atoms with E-state index in [-0.39, 0.29) is 18.6 Å². The molecular weight excluding hydrogens is 297 g/mol. The van der Waals surface area contributed by atoms with Crippen molar-refractivity contribution in [2.45, 2.75) is 25.3 Å². The minimum atomic E-state index is -1.62. The molecule has 0 saturated carbocycles. The van der Waals surface area contributed by atoms with E-state index in [1.807, 2.05) is 22.6 Å². The topological polar surface area (TPSA) is 58.7 Å². The van der Waals surface area contributed by atoms with Gasteiger partial charge in [0.05, 0.1) is 12.8 Å². The monoisotopic (exact) mass is 307 g/mol. The molecule has 5 heteroatoms. The minimum absolute atomic E-state index is 0.0638. The predicted octanol–water partition coefficient (Wildman–Crippen LogP) is 2.05. The fraction of sp³-hybridized carbons (Fsp3) is 0.444. The van der Waals surface area contributed by atoms with Gasteiger partial charge in [-0.15, -0.1) is 0 Å². The van der Waals surface area contributed by atoms with Gasteiger partial charge in [-0.05, 0) is 11.0 Å². The largest absolute Gasteiger partial charge is 0.475 e. The van der Waals surface area contributed by atoms with Gasteiger partial charge in [0, 0.05) is 0 Å². The number of carbonyl (C=O) groups is 2. The van der Waals surface area contributed by atoms with Crippen LogP contribution < -0.4 is 0 Å². The van der Waals surface area contributed by atoms with Gasteiger partial charge in [-0.25, -0.2) is 11.4 Å². The van der Waals surface area contributed by atoms with Crippen molar-refractivity contribution in [1.29, 1.82) is 0 Å². The summed E-state index contributed by atoms with van der Waals surface area (Å²) < 4.78 is 1.64. The van der Waals surface area contributed by atoms with E-state index in [1.54, 1.807) is 10.2 Å². The van der Waals surface area contributed by atoms with E-state index in [1.165, 1.54) is 6.92 Å². The number of carboxylic acid groups (broad SMARTS) is 1. The van der Waals surface area contributed by atoms with Gasteiger partial charge in [-0.1, -0.05) is 28.7 Å². The van der Waals surface area contributed by atoms with Gasteiger partial charge < -0.3 is 5.11 Å². The molecule has 14 heavy (non-hydrogen) atoms. The highest BCUT2D eigenvalue weighted by atomic mass is 127. The molecule has 1 atom stereocenters. The lowest BCUT2D eigenvalue weighted by atomic mass is 9.90. The lowest BCUT2D eigenvalue weighted by molar-refractivity contribution is -0.143. The second-order valence-corrected chi connectivity index (χ2v) is 3.61. The smallest absolute Gasteiger partial charge is 0.391 e. The zero-order valence-electron chi connectivity index (χ0n) is 7.66. The van der Waals surface area contributed by atoms with Gasteiger partial charge >= 0.3 is 11.5 Å². The maximum absolute atomic E-state index is 10.9. The van der Waals surface area contributed by atoms with Crippen LogP contribution in [0.15, 0.2) is 10.2 Å². The summed E-state index contributed by atoms with van der Waals surface area (Å²) in [7, 11) is 0. The van der Waals surface area contributed by atoms with E-state index in [0.29, 0.717) is 0 Å². The standard InChI is InChI=1S/C9H10INO3/c1-7(12)6-9(11-2,8(13)14)4-3-5-10/h3,5H,4,6H2,1H3,(H,13,14)/b5-3+/t9-/m1/s1. The number of rotatable bonds is 5. The Bertz CT molecular complexity index is 306. The SMILES string of the molecule is [C-]#[N+][C@](C/C=C/I)(CC(C)=O)C(=O)O. The number of nitrogens with zero attached hydrogens (tertiary/aromatic N) is 1. The van der Waals surface area contributed by atoms with Crippen molar-refractivity contribution in [2.24, 2.45) is 0 Å². The molecule has 1 N–H and O–H groups in total. The summed E-state index contributed by atoms with van der Waals surface area (Å²) in [5, 5.41) is 8.90. The summed E-state index contributed by atoms with van der Waals surface area (Å²) in [5.41, 5.74) is -1.62. The number of ketones is 1. The number of aliphatic carboxylic acids is 1. The summed E-state index contributed by atoms with van der Waals surface area (Å²) in [6, 6.07) is 0. The van der Waals surface area contributed by atoms with E-state index in [4.69, 9.17) is 11.7 Å². The summed E-state index contributed by atoms with van der Waals surface area (Å²) in [6.07, 6.45) is 1.40. The van der Waals surface area contributed by atoms with Gasteiger partial charge in [0.15, 0.2) is 0 Å². The normalized spacial score (nSPS) is 14.6. The summed E-state index contributed by atoms with van der Waals surface area (Å²) in [5.74, 6) is -1.53. The zero-order valence-corrected chi connectivity index (χ0v) is 9.82. The Labute approximate surface area is 96.0 Å². The third kappa shape index (κ3) is 3.46. The second kappa shape index (κ2) is 5.75. The lowest BCUT2D eigenvalue weighted by Gasteiger charge is -2.13. The Balaban J connectivity index is 4.90. The first-order chi connectivity index (χ1) is 6.48. The maximum atomic E-state index is 10.9. The average Bonchev–Trinajstić information content (AvgIpc) is 2.11. The molecule has 4 nitrogen and oxygen atoms in total. The highest BCUT2D eigenvalue weighted by Gasteiger charge is 2.45. The molecule has 76 valence electrons. The Morgan fingerprint density at radius 2 is 2.21 bits per heavy atom. The van der Waals surface area contributed by atoms with Crippen LogP contribution in [0.25, 0.3) is 4.85 Å². The average molecular weight is 307 g/mol. The zero-order chi connectivity index (χ0) is 11.2. The first kappa shape index (κ1) is 13.1. The van der Waals surface area contributed by atoms with E-state index in [2.05, 4.69) is 4.85 Å². The van der Waals surface area contributed by atoms with Gasteiger partial charge in [-0.2, -0.15) is 0 Å². The van der Waals surface area contributed by atoms with Gasteiger partial charge in [0.2, 0.25) is 0 Å². The van der Waals surface area contributed by atoms with Gasteiger partial charge in [-0.3, -0.25) is 9.64 Å². The Morgan fingerprint density at radius 3 is 2.50 bits per heavy atom. The molecule has 0 aromatic rings. The van der Waals surface area contributed by atoms with Crippen LogP contribution in [0.4, 0.5) is 0 Å². The van der Waals surface area contributed by atoms with Gasteiger partial charge in [0.1, 0.15) is 5.78 Å². The number of carboxylic acids is 1. The van der Waals surface area contributed by atoms with Crippen LogP contribution in [0.2, 0.25) is 0 Å². The lowest BCUT2D eigenvalue weighted by Crippen LogP contribution is -2.36. The van der Waals surface area contributed by atoms with Crippen LogP contribution in [-0.2, 0) is 9.59 Å².